The van der Waals surface area contributed by atoms with Crippen LogP contribution in [0.25, 0.3) is 0 Å². The molecule has 0 N–H and O–H groups in total. The lowest BCUT2D eigenvalue weighted by Gasteiger charge is -2.30. The second kappa shape index (κ2) is 17.3. The van der Waals surface area contributed by atoms with Crippen LogP contribution in [-0.2, 0) is 4.65 Å². The second-order valence-corrected chi connectivity index (χ2v) is 10.1. The van der Waals surface area contributed by atoms with E-state index in [0.29, 0.717) is 23.0 Å². The molecular weight excluding hydrogens is 493 g/mol. The molecule has 8 heteroatoms. The molecule has 3 aromatic rings. The number of methoxy groups -OCH3 is 3. The first-order valence-corrected chi connectivity index (χ1v) is 13.3. The highest BCUT2D eigenvalue weighted by molar-refractivity contribution is 6.38. The Bertz CT molecular complexity index is 1010. The molecule has 0 aliphatic heterocycles. The molecule has 1 atom stereocenters. The van der Waals surface area contributed by atoms with Crippen molar-refractivity contribution in [2.75, 3.05) is 49.0 Å². The van der Waals surface area contributed by atoms with E-state index >= 15 is 0 Å². The van der Waals surface area contributed by atoms with Crippen molar-refractivity contribution < 1.29 is 32.7 Å². The third kappa shape index (κ3) is 13.3. The fourth-order valence-electron chi connectivity index (χ4n) is 3.75. The van der Waals surface area contributed by atoms with Crippen molar-refractivity contribution in [2.24, 2.45) is 0 Å². The standard InChI is InChI=1S/C24H37BNO5.C7H7O/c1-7-8-9-12-24(19-26(2,3)4)31-25(29-22-15-10-13-20(17-22)27-5)30-23-16-11-14-21(18-23)28-6;1-8-7-5-3-2-4-6-7/h10-11,13-18,24H,7-9,12,19H2,1-6H3;2-3,5-6H,1H3/q+1;-1. The van der Waals surface area contributed by atoms with E-state index in [1.165, 1.54) is 12.8 Å². The third-order valence-corrected chi connectivity index (χ3v) is 5.65. The number of nitrogens with zero attached hydrogens (tertiary/aromatic N) is 1. The molecule has 0 saturated heterocycles. The van der Waals surface area contributed by atoms with E-state index < -0.39 is 7.32 Å². The third-order valence-electron chi connectivity index (χ3n) is 5.65. The van der Waals surface area contributed by atoms with Crippen LogP contribution in [0.1, 0.15) is 32.6 Å². The van der Waals surface area contributed by atoms with Crippen molar-refractivity contribution in [3.05, 3.63) is 78.9 Å². The Morgan fingerprint density at radius 3 is 1.72 bits per heavy atom. The first kappa shape index (κ1) is 31.9. The van der Waals surface area contributed by atoms with Gasteiger partial charge in [0.15, 0.2) is 0 Å². The predicted octanol–water partition coefficient (Wildman–Crippen LogP) is 6.31. The normalized spacial score (nSPS) is 11.5. The van der Waals surface area contributed by atoms with Crippen LogP contribution in [0.2, 0.25) is 0 Å². The Balaban J connectivity index is 0.000000568. The maximum atomic E-state index is 6.39. The number of quaternary nitrogens is 1. The first-order valence-electron chi connectivity index (χ1n) is 13.3. The topological polar surface area (TPSA) is 55.4 Å². The molecule has 0 aliphatic carbocycles. The van der Waals surface area contributed by atoms with Gasteiger partial charge >= 0.3 is 7.32 Å². The second-order valence-electron chi connectivity index (χ2n) is 10.1. The van der Waals surface area contributed by atoms with Crippen LogP contribution in [0.15, 0.2) is 72.8 Å². The van der Waals surface area contributed by atoms with Gasteiger partial charge in [0.05, 0.1) is 48.6 Å². The van der Waals surface area contributed by atoms with E-state index in [-0.39, 0.29) is 6.10 Å². The van der Waals surface area contributed by atoms with Gasteiger partial charge in [-0.25, -0.2) is 0 Å². The molecule has 3 rings (SSSR count). The van der Waals surface area contributed by atoms with Gasteiger partial charge in [0.2, 0.25) is 0 Å². The summed E-state index contributed by atoms with van der Waals surface area (Å²) in [6.45, 7) is 3.06. The Labute approximate surface area is 235 Å². The lowest BCUT2D eigenvalue weighted by atomic mass is 10.1. The summed E-state index contributed by atoms with van der Waals surface area (Å²) in [5.41, 5.74) is 0. The Hall–Kier alpha value is -3.36. The molecule has 0 amide bonds. The summed E-state index contributed by atoms with van der Waals surface area (Å²) < 4.78 is 34.9. The van der Waals surface area contributed by atoms with Crippen molar-refractivity contribution in [1.82, 2.24) is 0 Å². The summed E-state index contributed by atoms with van der Waals surface area (Å²) in [4.78, 5) is 0. The summed E-state index contributed by atoms with van der Waals surface area (Å²) >= 11 is 0. The van der Waals surface area contributed by atoms with Gasteiger partial charge in [-0.05, 0) is 30.7 Å². The van der Waals surface area contributed by atoms with E-state index in [0.717, 1.165) is 29.6 Å². The molecule has 0 aromatic heterocycles. The largest absolute Gasteiger partial charge is 0.788 e. The molecule has 0 saturated carbocycles. The molecule has 0 spiro atoms. The number of hydrogen-bond acceptors (Lipinski definition) is 6. The average molecular weight is 538 g/mol. The number of rotatable bonds is 15. The van der Waals surface area contributed by atoms with Crippen LogP contribution >= 0.6 is 0 Å². The van der Waals surface area contributed by atoms with Crippen molar-refractivity contribution in [3.8, 4) is 28.7 Å². The van der Waals surface area contributed by atoms with E-state index in [1.54, 1.807) is 27.4 Å². The number of benzene rings is 3. The molecule has 39 heavy (non-hydrogen) atoms. The van der Waals surface area contributed by atoms with Crippen molar-refractivity contribution in [2.45, 2.75) is 38.7 Å². The highest BCUT2D eigenvalue weighted by Crippen LogP contribution is 2.24. The smallest absolute Gasteiger partial charge is 0.554 e. The molecule has 0 radical (unpaired) electrons. The highest BCUT2D eigenvalue weighted by atomic mass is 16.7. The summed E-state index contributed by atoms with van der Waals surface area (Å²) in [5, 5.41) is 0. The van der Waals surface area contributed by atoms with Crippen LogP contribution in [0.3, 0.4) is 0 Å². The number of hydrogen-bond donors (Lipinski definition) is 0. The van der Waals surface area contributed by atoms with Crippen molar-refractivity contribution >= 4 is 7.32 Å². The average Bonchev–Trinajstić information content (AvgIpc) is 2.93. The van der Waals surface area contributed by atoms with Crippen molar-refractivity contribution in [3.63, 3.8) is 0 Å². The van der Waals surface area contributed by atoms with E-state index in [4.69, 9.17) is 28.2 Å². The number of likely N-dealkylation sites (N-methyl/N-ethyl adjacent to an activating group) is 1. The molecule has 0 fully saturated rings. The zero-order valence-electron chi connectivity index (χ0n) is 24.5. The van der Waals surface area contributed by atoms with Gasteiger partial charge < -0.3 is 32.7 Å². The lowest BCUT2D eigenvalue weighted by Crippen LogP contribution is -2.46. The fourth-order valence-corrected chi connectivity index (χ4v) is 3.75. The van der Waals surface area contributed by atoms with Gasteiger partial charge in [0, 0.05) is 17.9 Å². The predicted molar refractivity (Wildman–Crippen MR) is 157 cm³/mol. The summed E-state index contributed by atoms with van der Waals surface area (Å²) in [6, 6.07) is 25.1. The Morgan fingerprint density at radius 1 is 0.744 bits per heavy atom. The molecule has 1 unspecified atom stereocenters. The van der Waals surface area contributed by atoms with Gasteiger partial charge in [-0.1, -0.05) is 38.3 Å². The maximum Gasteiger partial charge on any atom is 0.788 e. The van der Waals surface area contributed by atoms with Gasteiger partial charge in [0.25, 0.3) is 0 Å². The minimum absolute atomic E-state index is 0.00670. The van der Waals surface area contributed by atoms with Crippen LogP contribution in [-0.4, -0.2) is 66.9 Å². The molecule has 3 aromatic carbocycles. The number of unbranched alkanes of at least 4 members (excludes halogenated alkanes) is 2. The van der Waals surface area contributed by atoms with Crippen LogP contribution in [0.5, 0.6) is 28.7 Å². The maximum absolute atomic E-state index is 6.39. The zero-order valence-corrected chi connectivity index (χ0v) is 24.5. The molecule has 212 valence electrons. The molecule has 0 heterocycles. The van der Waals surface area contributed by atoms with Gasteiger partial charge in [-0.3, -0.25) is 0 Å². The summed E-state index contributed by atoms with van der Waals surface area (Å²) in [6.07, 6.45) is 4.39. The monoisotopic (exact) mass is 537 g/mol. The quantitative estimate of drug-likeness (QED) is 0.0980. The van der Waals surface area contributed by atoms with E-state index in [9.17, 15) is 0 Å². The molecule has 7 nitrogen and oxygen atoms in total. The molecular formula is C31H44BNO6. The Kier molecular flexibility index (Phi) is 14.1. The van der Waals surface area contributed by atoms with Crippen LogP contribution in [0, 0.1) is 6.07 Å². The number of ether oxygens (including phenoxy) is 3. The van der Waals surface area contributed by atoms with Gasteiger partial charge in [-0.2, -0.15) is 18.2 Å². The van der Waals surface area contributed by atoms with E-state index in [1.807, 2.05) is 66.7 Å². The fraction of sp³-hybridized carbons (Fsp3) is 0.419. The highest BCUT2D eigenvalue weighted by Gasteiger charge is 2.33. The zero-order chi connectivity index (χ0) is 28.5. The van der Waals surface area contributed by atoms with Gasteiger partial charge in [0.1, 0.15) is 29.5 Å². The minimum Gasteiger partial charge on any atom is -0.554 e. The first-order chi connectivity index (χ1) is 18.8. The summed E-state index contributed by atoms with van der Waals surface area (Å²) in [7, 11) is 10.5. The molecule has 0 aliphatic rings. The van der Waals surface area contributed by atoms with Gasteiger partial charge in [-0.15, -0.1) is 12.1 Å². The summed E-state index contributed by atoms with van der Waals surface area (Å²) in [5.74, 6) is 3.51. The minimum atomic E-state index is -0.905. The van der Waals surface area contributed by atoms with Crippen LogP contribution in [0.4, 0.5) is 0 Å². The van der Waals surface area contributed by atoms with E-state index in [2.05, 4.69) is 34.1 Å². The Morgan fingerprint density at radius 2 is 1.28 bits per heavy atom. The lowest BCUT2D eigenvalue weighted by molar-refractivity contribution is -0.873. The SMILES string of the molecule is CCCCCC(C[N+](C)(C)C)OB(Oc1cccc(OC)c1)Oc1cccc(OC)c1.COc1c[c-]ccc1. The van der Waals surface area contributed by atoms with Crippen LogP contribution < -0.4 is 23.5 Å². The molecule has 0 bridgehead atoms. The van der Waals surface area contributed by atoms with Crippen molar-refractivity contribution in [1.29, 1.82) is 0 Å².